The lowest BCUT2D eigenvalue weighted by molar-refractivity contribution is 0.418. The van der Waals surface area contributed by atoms with Crippen LogP contribution in [-0.2, 0) is 0 Å². The maximum Gasteiger partial charge on any atom is 0.0438 e. The van der Waals surface area contributed by atoms with E-state index in [0.29, 0.717) is 12.0 Å². The van der Waals surface area contributed by atoms with Crippen LogP contribution in [0.5, 0.6) is 0 Å². The maximum atomic E-state index is 3.67. The maximum absolute atomic E-state index is 3.67. The van der Waals surface area contributed by atoms with Crippen LogP contribution < -0.4 is 5.32 Å². The fourth-order valence-corrected chi connectivity index (χ4v) is 3.69. The Labute approximate surface area is 127 Å². The second kappa shape index (κ2) is 7.05. The molecule has 1 heterocycles. The van der Waals surface area contributed by atoms with Crippen LogP contribution in [0.15, 0.2) is 36.4 Å². The first-order valence-corrected chi connectivity index (χ1v) is 8.33. The van der Waals surface area contributed by atoms with Crippen molar-refractivity contribution in [3.05, 3.63) is 46.8 Å². The molecule has 0 fully saturated rings. The zero-order valence-electron chi connectivity index (χ0n) is 12.9. The molecule has 0 saturated heterocycles. The van der Waals surface area contributed by atoms with Crippen LogP contribution in [0.1, 0.15) is 43.7 Å². The van der Waals surface area contributed by atoms with Gasteiger partial charge in [-0.25, -0.2) is 0 Å². The molecule has 0 bridgehead atoms. The van der Waals surface area contributed by atoms with E-state index in [-0.39, 0.29) is 0 Å². The van der Waals surface area contributed by atoms with Gasteiger partial charge < -0.3 is 5.32 Å². The number of aryl methyl sites for hydroxylation is 1. The monoisotopic (exact) mass is 287 g/mol. The smallest absolute Gasteiger partial charge is 0.0438 e. The summed E-state index contributed by atoms with van der Waals surface area (Å²) in [6.45, 7) is 10.0. The second-order valence-corrected chi connectivity index (χ2v) is 6.86. The highest BCUT2D eigenvalue weighted by Gasteiger charge is 2.17. The van der Waals surface area contributed by atoms with E-state index in [1.54, 1.807) is 0 Å². The van der Waals surface area contributed by atoms with E-state index in [2.05, 4.69) is 69.4 Å². The minimum Gasteiger partial charge on any atom is -0.309 e. The summed E-state index contributed by atoms with van der Waals surface area (Å²) in [5.74, 6) is 0.616. The average molecular weight is 287 g/mol. The van der Waals surface area contributed by atoms with E-state index in [1.807, 2.05) is 11.3 Å². The lowest BCUT2D eigenvalue weighted by Crippen LogP contribution is -2.25. The molecule has 0 amide bonds. The summed E-state index contributed by atoms with van der Waals surface area (Å²) in [5, 5.41) is 3.67. The third-order valence-corrected chi connectivity index (χ3v) is 4.73. The van der Waals surface area contributed by atoms with E-state index in [1.165, 1.54) is 27.3 Å². The molecule has 0 saturated carbocycles. The SMILES string of the molecule is CCCNC(c1ccc(-c2cccc(C)c2)s1)C(C)C. The Kier molecular flexibility index (Phi) is 5.38. The Morgan fingerprint density at radius 3 is 2.60 bits per heavy atom. The number of benzene rings is 1. The van der Waals surface area contributed by atoms with Gasteiger partial charge in [-0.15, -0.1) is 11.3 Å². The summed E-state index contributed by atoms with van der Waals surface area (Å²) in [7, 11) is 0. The molecule has 0 aliphatic rings. The molecule has 2 aromatic rings. The normalized spacial score (nSPS) is 12.8. The molecule has 2 rings (SSSR count). The molecule has 20 heavy (non-hydrogen) atoms. The van der Waals surface area contributed by atoms with Gasteiger partial charge in [0, 0.05) is 15.8 Å². The zero-order chi connectivity index (χ0) is 14.5. The number of nitrogens with one attached hydrogen (secondary N) is 1. The Balaban J connectivity index is 2.22. The van der Waals surface area contributed by atoms with Crippen molar-refractivity contribution in [3.63, 3.8) is 0 Å². The van der Waals surface area contributed by atoms with Crippen LogP contribution in [0.3, 0.4) is 0 Å². The molecule has 0 aliphatic heterocycles. The van der Waals surface area contributed by atoms with Crippen molar-refractivity contribution in [1.29, 1.82) is 0 Å². The first kappa shape index (κ1) is 15.3. The van der Waals surface area contributed by atoms with Crippen LogP contribution in [0.25, 0.3) is 10.4 Å². The fourth-order valence-electron chi connectivity index (χ4n) is 2.44. The Morgan fingerprint density at radius 1 is 1.15 bits per heavy atom. The van der Waals surface area contributed by atoms with Crippen LogP contribution in [-0.4, -0.2) is 6.54 Å². The molecular weight excluding hydrogens is 262 g/mol. The van der Waals surface area contributed by atoms with Gasteiger partial charge in [0.2, 0.25) is 0 Å². The predicted molar refractivity (Wildman–Crippen MR) is 90.4 cm³/mol. The van der Waals surface area contributed by atoms with Gasteiger partial charge in [0.15, 0.2) is 0 Å². The molecule has 1 atom stereocenters. The topological polar surface area (TPSA) is 12.0 Å². The molecule has 2 heteroatoms. The molecule has 0 radical (unpaired) electrons. The third kappa shape index (κ3) is 3.71. The van der Waals surface area contributed by atoms with Gasteiger partial charge >= 0.3 is 0 Å². The van der Waals surface area contributed by atoms with Crippen molar-refractivity contribution in [1.82, 2.24) is 5.32 Å². The molecule has 108 valence electrons. The van der Waals surface area contributed by atoms with E-state index >= 15 is 0 Å². The van der Waals surface area contributed by atoms with Gasteiger partial charge in [0.1, 0.15) is 0 Å². The van der Waals surface area contributed by atoms with Gasteiger partial charge in [-0.1, -0.05) is 50.6 Å². The molecule has 1 N–H and O–H groups in total. The zero-order valence-corrected chi connectivity index (χ0v) is 13.8. The van der Waals surface area contributed by atoms with Gasteiger partial charge in [-0.3, -0.25) is 0 Å². The lowest BCUT2D eigenvalue weighted by atomic mass is 10.0. The van der Waals surface area contributed by atoms with Crippen molar-refractivity contribution in [2.24, 2.45) is 5.92 Å². The average Bonchev–Trinajstić information content (AvgIpc) is 2.88. The summed E-state index contributed by atoms with van der Waals surface area (Å²) in [4.78, 5) is 2.82. The summed E-state index contributed by atoms with van der Waals surface area (Å²) in [6.07, 6.45) is 1.18. The Hall–Kier alpha value is -1.12. The van der Waals surface area contributed by atoms with Crippen LogP contribution >= 0.6 is 11.3 Å². The molecule has 1 aromatic heterocycles. The molecule has 1 unspecified atom stereocenters. The van der Waals surface area contributed by atoms with E-state index in [4.69, 9.17) is 0 Å². The quantitative estimate of drug-likeness (QED) is 0.748. The highest BCUT2D eigenvalue weighted by Crippen LogP contribution is 2.34. The summed E-state index contributed by atoms with van der Waals surface area (Å²) < 4.78 is 0. The van der Waals surface area contributed by atoms with Crippen LogP contribution in [0.2, 0.25) is 0 Å². The van der Waals surface area contributed by atoms with Crippen molar-refractivity contribution < 1.29 is 0 Å². The van der Waals surface area contributed by atoms with Gasteiger partial charge in [0.05, 0.1) is 0 Å². The molecule has 0 aliphatic carbocycles. The van der Waals surface area contributed by atoms with Crippen LogP contribution in [0, 0.1) is 12.8 Å². The second-order valence-electron chi connectivity index (χ2n) is 5.75. The predicted octanol–water partition coefficient (Wildman–Crippen LogP) is 5.42. The molecule has 1 aromatic carbocycles. The van der Waals surface area contributed by atoms with E-state index in [0.717, 1.165) is 6.54 Å². The number of hydrogen-bond donors (Lipinski definition) is 1. The summed E-state index contributed by atoms with van der Waals surface area (Å²) in [6, 6.07) is 13.8. The first-order valence-electron chi connectivity index (χ1n) is 7.52. The molecule has 1 nitrogen and oxygen atoms in total. The fraction of sp³-hybridized carbons (Fsp3) is 0.444. The lowest BCUT2D eigenvalue weighted by Gasteiger charge is -2.20. The standard InChI is InChI=1S/C18H25NS/c1-5-11-19-18(13(2)3)17-10-9-16(20-17)15-8-6-7-14(4)12-15/h6-10,12-13,18-19H,5,11H2,1-4H3. The third-order valence-electron chi connectivity index (χ3n) is 3.52. The number of thiophene rings is 1. The largest absolute Gasteiger partial charge is 0.309 e. The Bertz CT molecular complexity index is 542. The Morgan fingerprint density at radius 2 is 1.95 bits per heavy atom. The van der Waals surface area contributed by atoms with E-state index in [9.17, 15) is 0 Å². The van der Waals surface area contributed by atoms with Gasteiger partial charge in [0.25, 0.3) is 0 Å². The molecular formula is C18H25NS. The minimum absolute atomic E-state index is 0.471. The first-order chi connectivity index (χ1) is 9.61. The number of rotatable bonds is 6. The van der Waals surface area contributed by atoms with Crippen molar-refractivity contribution in [2.45, 2.75) is 40.2 Å². The van der Waals surface area contributed by atoms with E-state index < -0.39 is 0 Å². The van der Waals surface area contributed by atoms with Crippen molar-refractivity contribution >= 4 is 11.3 Å². The van der Waals surface area contributed by atoms with Gasteiger partial charge in [-0.05, 0) is 43.5 Å². The van der Waals surface area contributed by atoms with Crippen molar-refractivity contribution in [2.75, 3.05) is 6.54 Å². The highest BCUT2D eigenvalue weighted by atomic mass is 32.1. The minimum atomic E-state index is 0.471. The highest BCUT2D eigenvalue weighted by molar-refractivity contribution is 7.15. The number of hydrogen-bond acceptors (Lipinski definition) is 2. The van der Waals surface area contributed by atoms with Crippen LogP contribution in [0.4, 0.5) is 0 Å². The summed E-state index contributed by atoms with van der Waals surface area (Å²) in [5.41, 5.74) is 2.65. The summed E-state index contributed by atoms with van der Waals surface area (Å²) >= 11 is 1.92. The van der Waals surface area contributed by atoms with Gasteiger partial charge in [-0.2, -0.15) is 0 Å². The molecule has 0 spiro atoms. The van der Waals surface area contributed by atoms with Crippen molar-refractivity contribution in [3.8, 4) is 10.4 Å².